The Morgan fingerprint density at radius 1 is 1.17 bits per heavy atom. The fourth-order valence-corrected chi connectivity index (χ4v) is 3.15. The van der Waals surface area contributed by atoms with Gasteiger partial charge in [-0.2, -0.15) is 0 Å². The van der Waals surface area contributed by atoms with Crippen LogP contribution in [0.3, 0.4) is 0 Å². The van der Waals surface area contributed by atoms with Crippen molar-refractivity contribution in [3.63, 3.8) is 0 Å². The molecule has 1 saturated carbocycles. The van der Waals surface area contributed by atoms with Gasteiger partial charge in [0.25, 0.3) is 0 Å². The van der Waals surface area contributed by atoms with E-state index in [0.717, 1.165) is 18.0 Å². The minimum atomic E-state index is 0.756. The number of benzene rings is 1. The van der Waals surface area contributed by atoms with Gasteiger partial charge in [-0.3, -0.25) is 0 Å². The number of hydrogen-bond acceptors (Lipinski definition) is 2. The van der Waals surface area contributed by atoms with Crippen LogP contribution in [0.15, 0.2) is 30.3 Å². The van der Waals surface area contributed by atoms with Crippen molar-refractivity contribution in [2.24, 2.45) is 5.92 Å². The highest BCUT2D eigenvalue weighted by Crippen LogP contribution is 2.34. The minimum Gasteiger partial charge on any atom is -0.371 e. The molecule has 1 heterocycles. The first-order chi connectivity index (χ1) is 8.86. The normalized spacial score (nSPS) is 28.4. The molecule has 0 radical (unpaired) electrons. The van der Waals surface area contributed by atoms with Crippen LogP contribution in [0, 0.1) is 5.92 Å². The van der Waals surface area contributed by atoms with E-state index in [0.29, 0.717) is 0 Å². The Kier molecular flexibility index (Phi) is 3.55. The minimum absolute atomic E-state index is 0.756. The van der Waals surface area contributed by atoms with Crippen LogP contribution in [-0.4, -0.2) is 25.2 Å². The van der Waals surface area contributed by atoms with Gasteiger partial charge in [0.05, 0.1) is 0 Å². The second-order valence-electron chi connectivity index (χ2n) is 5.77. The zero-order chi connectivity index (χ0) is 12.4. The second kappa shape index (κ2) is 5.31. The maximum absolute atomic E-state index is 3.84. The quantitative estimate of drug-likeness (QED) is 0.875. The third-order valence-corrected chi connectivity index (χ3v) is 4.51. The lowest BCUT2D eigenvalue weighted by atomic mass is 10.0. The van der Waals surface area contributed by atoms with Crippen molar-refractivity contribution in [3.8, 4) is 0 Å². The molecule has 2 unspecified atom stereocenters. The van der Waals surface area contributed by atoms with Crippen LogP contribution >= 0.6 is 0 Å². The van der Waals surface area contributed by atoms with Crippen LogP contribution in [0.25, 0.3) is 0 Å². The molecule has 0 aromatic heterocycles. The van der Waals surface area contributed by atoms with Gasteiger partial charge in [-0.1, -0.05) is 31.5 Å². The fourth-order valence-electron chi connectivity index (χ4n) is 3.15. The zero-order valence-corrected chi connectivity index (χ0v) is 11.3. The molecule has 0 spiro atoms. The molecule has 0 bridgehead atoms. The van der Waals surface area contributed by atoms with Crippen LogP contribution in [-0.2, 0) is 0 Å². The Morgan fingerprint density at radius 3 is 2.50 bits per heavy atom. The topological polar surface area (TPSA) is 15.3 Å². The molecule has 1 N–H and O–H groups in total. The molecular weight excluding hydrogens is 220 g/mol. The Hall–Kier alpha value is -1.02. The van der Waals surface area contributed by atoms with Gasteiger partial charge in [0.1, 0.15) is 0 Å². The molecule has 3 rings (SSSR count). The van der Waals surface area contributed by atoms with Gasteiger partial charge in [-0.15, -0.1) is 0 Å². The molecule has 1 aromatic carbocycles. The van der Waals surface area contributed by atoms with Gasteiger partial charge in [0, 0.05) is 30.9 Å². The van der Waals surface area contributed by atoms with Crippen molar-refractivity contribution in [1.29, 1.82) is 0 Å². The standard InChI is InChI=1S/C16H24N2/c1-2-13-12-16(13)17-14-8-10-18(11-9-14)15-6-4-3-5-7-15/h3-7,13-14,16-17H,2,8-12H2,1H3. The highest BCUT2D eigenvalue weighted by molar-refractivity contribution is 5.46. The van der Waals surface area contributed by atoms with Crippen LogP contribution in [0.5, 0.6) is 0 Å². The van der Waals surface area contributed by atoms with Crippen LogP contribution in [0.1, 0.15) is 32.6 Å². The summed E-state index contributed by atoms with van der Waals surface area (Å²) >= 11 is 0. The Labute approximate surface area is 110 Å². The molecule has 1 aliphatic heterocycles. The average molecular weight is 244 g/mol. The van der Waals surface area contributed by atoms with Crippen molar-refractivity contribution in [1.82, 2.24) is 5.32 Å². The van der Waals surface area contributed by atoms with Crippen LogP contribution in [0.2, 0.25) is 0 Å². The summed E-state index contributed by atoms with van der Waals surface area (Å²) in [5.41, 5.74) is 1.38. The largest absolute Gasteiger partial charge is 0.371 e. The second-order valence-corrected chi connectivity index (χ2v) is 5.77. The van der Waals surface area contributed by atoms with E-state index in [1.807, 2.05) is 0 Å². The SMILES string of the molecule is CCC1CC1NC1CCN(c2ccccc2)CC1. The predicted octanol–water partition coefficient (Wildman–Crippen LogP) is 3.04. The maximum atomic E-state index is 3.84. The number of nitrogens with zero attached hydrogens (tertiary/aromatic N) is 1. The third-order valence-electron chi connectivity index (χ3n) is 4.51. The lowest BCUT2D eigenvalue weighted by Gasteiger charge is -2.34. The molecule has 1 aliphatic carbocycles. The molecule has 0 amide bonds. The molecular formula is C16H24N2. The molecule has 2 fully saturated rings. The summed E-state index contributed by atoms with van der Waals surface area (Å²) in [6.45, 7) is 4.71. The highest BCUT2D eigenvalue weighted by atomic mass is 15.2. The van der Waals surface area contributed by atoms with Crippen molar-refractivity contribution in [3.05, 3.63) is 30.3 Å². The number of rotatable bonds is 4. The van der Waals surface area contributed by atoms with E-state index in [9.17, 15) is 0 Å². The number of anilines is 1. The summed E-state index contributed by atoms with van der Waals surface area (Å²) in [5, 5.41) is 3.84. The Balaban J connectivity index is 1.47. The molecule has 1 aromatic rings. The Morgan fingerprint density at radius 2 is 1.89 bits per heavy atom. The first-order valence-electron chi connectivity index (χ1n) is 7.43. The molecule has 2 aliphatic rings. The van der Waals surface area contributed by atoms with E-state index in [-0.39, 0.29) is 0 Å². The monoisotopic (exact) mass is 244 g/mol. The number of nitrogens with one attached hydrogen (secondary N) is 1. The molecule has 2 atom stereocenters. The lowest BCUT2D eigenvalue weighted by molar-refractivity contribution is 0.404. The van der Waals surface area contributed by atoms with Crippen molar-refractivity contribution >= 4 is 5.69 Å². The van der Waals surface area contributed by atoms with Crippen molar-refractivity contribution in [2.75, 3.05) is 18.0 Å². The average Bonchev–Trinajstić information content (AvgIpc) is 3.19. The van der Waals surface area contributed by atoms with E-state index >= 15 is 0 Å². The molecule has 98 valence electrons. The summed E-state index contributed by atoms with van der Waals surface area (Å²) in [4.78, 5) is 2.52. The van der Waals surface area contributed by atoms with E-state index in [1.54, 1.807) is 0 Å². The summed E-state index contributed by atoms with van der Waals surface area (Å²) in [5.74, 6) is 0.970. The number of para-hydroxylation sites is 1. The summed E-state index contributed by atoms with van der Waals surface area (Å²) in [6, 6.07) is 12.4. The van der Waals surface area contributed by atoms with E-state index in [4.69, 9.17) is 0 Å². The molecule has 1 saturated heterocycles. The van der Waals surface area contributed by atoms with Gasteiger partial charge < -0.3 is 10.2 Å². The van der Waals surface area contributed by atoms with E-state index in [2.05, 4.69) is 47.5 Å². The van der Waals surface area contributed by atoms with Gasteiger partial charge in [0.2, 0.25) is 0 Å². The van der Waals surface area contributed by atoms with Crippen LogP contribution in [0.4, 0.5) is 5.69 Å². The van der Waals surface area contributed by atoms with Gasteiger partial charge in [-0.25, -0.2) is 0 Å². The number of hydrogen-bond donors (Lipinski definition) is 1. The zero-order valence-electron chi connectivity index (χ0n) is 11.3. The first kappa shape index (κ1) is 12.0. The van der Waals surface area contributed by atoms with Gasteiger partial charge >= 0.3 is 0 Å². The van der Waals surface area contributed by atoms with Gasteiger partial charge in [-0.05, 0) is 37.3 Å². The van der Waals surface area contributed by atoms with Crippen molar-refractivity contribution < 1.29 is 0 Å². The van der Waals surface area contributed by atoms with E-state index < -0.39 is 0 Å². The molecule has 2 nitrogen and oxygen atoms in total. The van der Waals surface area contributed by atoms with Gasteiger partial charge in [0.15, 0.2) is 0 Å². The maximum Gasteiger partial charge on any atom is 0.0366 e. The smallest absolute Gasteiger partial charge is 0.0366 e. The summed E-state index contributed by atoms with van der Waals surface area (Å²) in [6.07, 6.45) is 5.35. The van der Waals surface area contributed by atoms with Crippen LogP contribution < -0.4 is 10.2 Å². The molecule has 18 heavy (non-hydrogen) atoms. The van der Waals surface area contributed by atoms with Crippen molar-refractivity contribution in [2.45, 2.75) is 44.7 Å². The highest BCUT2D eigenvalue weighted by Gasteiger charge is 2.36. The first-order valence-corrected chi connectivity index (χ1v) is 7.43. The number of piperidine rings is 1. The Bertz CT molecular complexity index is 368. The molecule has 2 heteroatoms. The van der Waals surface area contributed by atoms with E-state index in [1.165, 1.54) is 44.5 Å². The lowest BCUT2D eigenvalue weighted by Crippen LogP contribution is -2.43. The third kappa shape index (κ3) is 2.69. The predicted molar refractivity (Wildman–Crippen MR) is 77.0 cm³/mol. The fraction of sp³-hybridized carbons (Fsp3) is 0.625. The summed E-state index contributed by atoms with van der Waals surface area (Å²) < 4.78 is 0. The summed E-state index contributed by atoms with van der Waals surface area (Å²) in [7, 11) is 0.